The number of aromatic amines is 1. The lowest BCUT2D eigenvalue weighted by molar-refractivity contribution is -0.384. The third-order valence-corrected chi connectivity index (χ3v) is 2.65. The summed E-state index contributed by atoms with van der Waals surface area (Å²) < 4.78 is 10.2. The molecule has 0 atom stereocenters. The van der Waals surface area contributed by atoms with Gasteiger partial charge in [0.15, 0.2) is 11.5 Å². The first-order chi connectivity index (χ1) is 10.0. The van der Waals surface area contributed by atoms with Crippen molar-refractivity contribution >= 4 is 23.2 Å². The van der Waals surface area contributed by atoms with Crippen molar-refractivity contribution in [2.45, 2.75) is 0 Å². The molecule has 1 aromatic carbocycles. The van der Waals surface area contributed by atoms with Crippen LogP contribution in [0.5, 0.6) is 11.5 Å². The quantitative estimate of drug-likeness (QED) is 0.537. The predicted molar refractivity (Wildman–Crippen MR) is 68.0 cm³/mol. The van der Waals surface area contributed by atoms with Gasteiger partial charge in [0.05, 0.1) is 11.0 Å². The second kappa shape index (κ2) is 4.63. The number of rotatable bonds is 3. The summed E-state index contributed by atoms with van der Waals surface area (Å²) in [5.41, 5.74) is 4.90. The van der Waals surface area contributed by atoms with Gasteiger partial charge in [0, 0.05) is 6.07 Å². The SMILES string of the molecule is Nc1n[nH]c(C(=O)Nc2cc3c(cc2[N+](=O)[O-])OCO3)n1. The largest absolute Gasteiger partial charge is 0.454 e. The van der Waals surface area contributed by atoms with Gasteiger partial charge in [-0.1, -0.05) is 0 Å². The number of carbonyl (C=O) groups excluding carboxylic acids is 1. The van der Waals surface area contributed by atoms with E-state index in [1.165, 1.54) is 12.1 Å². The number of nitrogen functional groups attached to an aromatic ring is 1. The van der Waals surface area contributed by atoms with Crippen molar-refractivity contribution < 1.29 is 19.2 Å². The van der Waals surface area contributed by atoms with Crippen LogP contribution in [0.25, 0.3) is 0 Å². The number of anilines is 2. The van der Waals surface area contributed by atoms with Crippen LogP contribution in [-0.2, 0) is 0 Å². The topological polar surface area (TPSA) is 158 Å². The van der Waals surface area contributed by atoms with Gasteiger partial charge >= 0.3 is 0 Å². The van der Waals surface area contributed by atoms with E-state index in [0.717, 1.165) is 0 Å². The Morgan fingerprint density at radius 2 is 2.14 bits per heavy atom. The maximum atomic E-state index is 11.9. The maximum Gasteiger partial charge on any atom is 0.296 e. The number of nitro benzene ring substituents is 1. The van der Waals surface area contributed by atoms with Crippen LogP contribution in [-0.4, -0.2) is 32.8 Å². The van der Waals surface area contributed by atoms with Gasteiger partial charge in [-0.15, -0.1) is 5.10 Å². The number of aromatic nitrogens is 3. The van der Waals surface area contributed by atoms with Crippen molar-refractivity contribution in [3.8, 4) is 11.5 Å². The van der Waals surface area contributed by atoms with Crippen LogP contribution in [0.1, 0.15) is 10.6 Å². The summed E-state index contributed by atoms with van der Waals surface area (Å²) in [6.07, 6.45) is 0. The van der Waals surface area contributed by atoms with Gasteiger partial charge in [-0.25, -0.2) is 0 Å². The lowest BCUT2D eigenvalue weighted by Crippen LogP contribution is -2.15. The van der Waals surface area contributed by atoms with Gasteiger partial charge in [-0.05, 0) is 0 Å². The van der Waals surface area contributed by atoms with Crippen molar-refractivity contribution in [2.24, 2.45) is 0 Å². The molecule has 1 aliphatic rings. The van der Waals surface area contributed by atoms with Crippen LogP contribution in [0.15, 0.2) is 12.1 Å². The molecular formula is C10H8N6O5. The Balaban J connectivity index is 1.94. The number of fused-ring (bicyclic) bond motifs is 1. The summed E-state index contributed by atoms with van der Waals surface area (Å²) in [7, 11) is 0. The van der Waals surface area contributed by atoms with Gasteiger partial charge in [0.25, 0.3) is 11.6 Å². The van der Waals surface area contributed by atoms with Crippen LogP contribution in [0.2, 0.25) is 0 Å². The molecule has 0 aliphatic carbocycles. The van der Waals surface area contributed by atoms with Crippen LogP contribution >= 0.6 is 0 Å². The van der Waals surface area contributed by atoms with E-state index in [0.29, 0.717) is 5.75 Å². The van der Waals surface area contributed by atoms with E-state index in [2.05, 4.69) is 20.5 Å². The third-order valence-electron chi connectivity index (χ3n) is 2.65. The number of carbonyl (C=O) groups is 1. The second-order valence-electron chi connectivity index (χ2n) is 3.98. The standard InChI is InChI=1S/C10H8N6O5/c11-10-13-8(14-15-10)9(17)12-4-1-6-7(21-3-20-6)2-5(4)16(18)19/h1-2H,3H2,(H,12,17)(H3,11,13,14,15). The summed E-state index contributed by atoms with van der Waals surface area (Å²) in [4.78, 5) is 25.9. The average Bonchev–Trinajstić information content (AvgIpc) is 3.05. The molecule has 0 bridgehead atoms. The van der Waals surface area contributed by atoms with Crippen molar-refractivity contribution in [3.63, 3.8) is 0 Å². The smallest absolute Gasteiger partial charge is 0.296 e. The Labute approximate surface area is 116 Å². The fourth-order valence-electron chi connectivity index (χ4n) is 1.74. The Kier molecular flexibility index (Phi) is 2.79. The van der Waals surface area contributed by atoms with E-state index < -0.39 is 10.8 Å². The highest BCUT2D eigenvalue weighted by Crippen LogP contribution is 2.40. The van der Waals surface area contributed by atoms with E-state index in [1.807, 2.05) is 0 Å². The second-order valence-corrected chi connectivity index (χ2v) is 3.98. The number of nitrogens with one attached hydrogen (secondary N) is 2. The summed E-state index contributed by atoms with van der Waals surface area (Å²) in [5, 5.41) is 19.2. The number of nitro groups is 1. The maximum absolute atomic E-state index is 11.9. The number of nitrogens with zero attached hydrogens (tertiary/aromatic N) is 3. The number of ether oxygens (including phenoxy) is 2. The van der Waals surface area contributed by atoms with E-state index >= 15 is 0 Å². The molecule has 0 saturated heterocycles. The molecule has 0 saturated carbocycles. The Morgan fingerprint density at radius 1 is 1.43 bits per heavy atom. The molecule has 3 rings (SSSR count). The lowest BCUT2D eigenvalue weighted by atomic mass is 10.2. The van der Waals surface area contributed by atoms with Crippen LogP contribution in [0.4, 0.5) is 17.3 Å². The van der Waals surface area contributed by atoms with Gasteiger partial charge < -0.3 is 20.5 Å². The number of H-pyrrole nitrogens is 1. The normalized spacial score (nSPS) is 12.2. The van der Waals surface area contributed by atoms with Crippen molar-refractivity contribution in [1.29, 1.82) is 0 Å². The molecule has 21 heavy (non-hydrogen) atoms. The fourth-order valence-corrected chi connectivity index (χ4v) is 1.74. The molecular weight excluding hydrogens is 284 g/mol. The highest BCUT2D eigenvalue weighted by atomic mass is 16.7. The molecule has 2 aromatic rings. The third kappa shape index (κ3) is 2.27. The van der Waals surface area contributed by atoms with Gasteiger partial charge in [-0.3, -0.25) is 20.0 Å². The highest BCUT2D eigenvalue weighted by molar-refractivity contribution is 6.03. The Morgan fingerprint density at radius 3 is 2.76 bits per heavy atom. The molecule has 11 heteroatoms. The van der Waals surface area contributed by atoms with Crippen molar-refractivity contribution in [3.05, 3.63) is 28.1 Å². The van der Waals surface area contributed by atoms with Gasteiger partial charge in [0.2, 0.25) is 18.6 Å². The van der Waals surface area contributed by atoms with E-state index in [1.54, 1.807) is 0 Å². The first kappa shape index (κ1) is 12.7. The lowest BCUT2D eigenvalue weighted by Gasteiger charge is -2.05. The first-order valence-corrected chi connectivity index (χ1v) is 5.62. The zero-order valence-electron chi connectivity index (χ0n) is 10.3. The molecule has 108 valence electrons. The number of hydrogen-bond donors (Lipinski definition) is 3. The molecule has 0 spiro atoms. The molecule has 1 aliphatic heterocycles. The van der Waals surface area contributed by atoms with Crippen molar-refractivity contribution in [2.75, 3.05) is 17.8 Å². The van der Waals surface area contributed by atoms with Gasteiger partial charge in [-0.2, -0.15) is 4.98 Å². The molecule has 11 nitrogen and oxygen atoms in total. The minimum absolute atomic E-state index is 0.0392. The highest BCUT2D eigenvalue weighted by Gasteiger charge is 2.25. The first-order valence-electron chi connectivity index (χ1n) is 5.62. The molecule has 0 unspecified atom stereocenters. The zero-order valence-corrected chi connectivity index (χ0v) is 10.3. The van der Waals surface area contributed by atoms with Crippen LogP contribution in [0, 0.1) is 10.1 Å². The van der Waals surface area contributed by atoms with E-state index in [4.69, 9.17) is 15.2 Å². The summed E-state index contributed by atoms with van der Waals surface area (Å²) >= 11 is 0. The number of benzene rings is 1. The summed E-state index contributed by atoms with van der Waals surface area (Å²) in [6.45, 7) is -0.0392. The van der Waals surface area contributed by atoms with E-state index in [9.17, 15) is 14.9 Å². The molecule has 4 N–H and O–H groups in total. The Bertz CT molecular complexity index is 742. The molecule has 1 aromatic heterocycles. The number of nitrogens with two attached hydrogens (primary N) is 1. The average molecular weight is 292 g/mol. The minimum atomic E-state index is -0.721. The summed E-state index contributed by atoms with van der Waals surface area (Å²) in [5.74, 6) is -0.461. The van der Waals surface area contributed by atoms with E-state index in [-0.39, 0.29) is 35.7 Å². The Hall–Kier alpha value is -3.37. The predicted octanol–water partition coefficient (Wildman–Crippen LogP) is 0.276. The number of hydrogen-bond acceptors (Lipinski definition) is 8. The molecule has 0 fully saturated rings. The molecule has 2 heterocycles. The summed E-state index contributed by atoms with van der Waals surface area (Å²) in [6, 6.07) is 2.48. The van der Waals surface area contributed by atoms with Crippen LogP contribution in [0.3, 0.4) is 0 Å². The molecule has 1 amide bonds. The minimum Gasteiger partial charge on any atom is -0.454 e. The van der Waals surface area contributed by atoms with Gasteiger partial charge in [0.1, 0.15) is 5.69 Å². The number of amides is 1. The monoisotopic (exact) mass is 292 g/mol. The molecule has 0 radical (unpaired) electrons. The fraction of sp³-hybridized carbons (Fsp3) is 0.100. The zero-order chi connectivity index (χ0) is 15.0. The van der Waals surface area contributed by atoms with Crippen molar-refractivity contribution in [1.82, 2.24) is 15.2 Å². The van der Waals surface area contributed by atoms with Crippen LogP contribution < -0.4 is 20.5 Å².